The smallest absolute Gasteiger partial charge is 0.320 e. The van der Waals surface area contributed by atoms with Crippen LogP contribution in [0.15, 0.2) is 41.1 Å². The molecule has 6 heteroatoms. The normalized spacial score (nSPS) is 12.2. The second-order valence-electron chi connectivity index (χ2n) is 5.59. The predicted octanol–water partition coefficient (Wildman–Crippen LogP) is 3.67. The van der Waals surface area contributed by atoms with Crippen molar-refractivity contribution < 1.29 is 9.53 Å². The summed E-state index contributed by atoms with van der Waals surface area (Å²) in [5, 5.41) is 0. The van der Waals surface area contributed by atoms with Gasteiger partial charge in [-0.1, -0.05) is 28.1 Å². The van der Waals surface area contributed by atoms with Crippen LogP contribution in [0.2, 0.25) is 0 Å². The molecule has 1 unspecified atom stereocenters. The van der Waals surface area contributed by atoms with Crippen molar-refractivity contribution in [2.75, 3.05) is 13.2 Å². The number of hydrogen-bond acceptors (Lipinski definition) is 5. The van der Waals surface area contributed by atoms with Crippen LogP contribution in [0.25, 0.3) is 0 Å². The van der Waals surface area contributed by atoms with Crippen molar-refractivity contribution >= 4 is 21.9 Å². The van der Waals surface area contributed by atoms with E-state index in [1.807, 2.05) is 30.9 Å². The van der Waals surface area contributed by atoms with E-state index in [1.54, 1.807) is 12.4 Å². The Morgan fingerprint density at radius 2 is 2.12 bits per heavy atom. The molecular formula is C18H22BrN3O2. The lowest BCUT2D eigenvalue weighted by molar-refractivity contribution is -0.145. The SMILES string of the molecule is CCOC(=O)CN(Cc1cnc(C)cn1)C(C)c1cccc(Br)c1. The Hall–Kier alpha value is -1.79. The Morgan fingerprint density at radius 3 is 2.75 bits per heavy atom. The van der Waals surface area contributed by atoms with E-state index in [4.69, 9.17) is 4.74 Å². The highest BCUT2D eigenvalue weighted by molar-refractivity contribution is 9.10. The number of nitrogens with zero attached hydrogens (tertiary/aromatic N) is 3. The first-order valence-electron chi connectivity index (χ1n) is 7.92. The summed E-state index contributed by atoms with van der Waals surface area (Å²) in [7, 11) is 0. The number of hydrogen-bond donors (Lipinski definition) is 0. The molecule has 0 saturated heterocycles. The number of carbonyl (C=O) groups is 1. The summed E-state index contributed by atoms with van der Waals surface area (Å²) < 4.78 is 6.13. The van der Waals surface area contributed by atoms with Gasteiger partial charge in [0.1, 0.15) is 0 Å². The molecule has 0 aliphatic heterocycles. The molecule has 2 aromatic rings. The quantitative estimate of drug-likeness (QED) is 0.673. The van der Waals surface area contributed by atoms with E-state index in [9.17, 15) is 4.79 Å². The molecule has 0 aliphatic carbocycles. The van der Waals surface area contributed by atoms with E-state index >= 15 is 0 Å². The summed E-state index contributed by atoms with van der Waals surface area (Å²) in [6, 6.07) is 8.12. The van der Waals surface area contributed by atoms with Crippen molar-refractivity contribution in [2.45, 2.75) is 33.4 Å². The van der Waals surface area contributed by atoms with Crippen molar-refractivity contribution in [3.8, 4) is 0 Å². The molecule has 24 heavy (non-hydrogen) atoms. The van der Waals surface area contributed by atoms with Gasteiger partial charge in [0, 0.05) is 29.5 Å². The Balaban J connectivity index is 2.20. The summed E-state index contributed by atoms with van der Waals surface area (Å²) in [4.78, 5) is 22.7. The molecule has 0 amide bonds. The van der Waals surface area contributed by atoms with Crippen LogP contribution in [-0.2, 0) is 16.1 Å². The maximum atomic E-state index is 12.0. The molecule has 0 spiro atoms. The Labute approximate surface area is 151 Å². The van der Waals surface area contributed by atoms with Crippen LogP contribution in [-0.4, -0.2) is 34.0 Å². The third-order valence-corrected chi connectivity index (χ3v) is 4.21. The molecule has 1 heterocycles. The molecule has 0 fully saturated rings. The van der Waals surface area contributed by atoms with E-state index in [-0.39, 0.29) is 18.6 Å². The van der Waals surface area contributed by atoms with Gasteiger partial charge in [0.15, 0.2) is 0 Å². The maximum Gasteiger partial charge on any atom is 0.320 e. The predicted molar refractivity (Wildman–Crippen MR) is 96.4 cm³/mol. The molecule has 1 aromatic heterocycles. The molecule has 0 bridgehead atoms. The molecule has 5 nitrogen and oxygen atoms in total. The maximum absolute atomic E-state index is 12.0. The van der Waals surface area contributed by atoms with Gasteiger partial charge < -0.3 is 4.74 Å². The van der Waals surface area contributed by atoms with Crippen LogP contribution in [0.4, 0.5) is 0 Å². The minimum absolute atomic E-state index is 0.0370. The standard InChI is InChI=1S/C18H22BrN3O2/c1-4-24-18(23)12-22(11-17-10-20-13(2)9-21-17)14(3)15-6-5-7-16(19)8-15/h5-10,14H,4,11-12H2,1-3H3. The number of aromatic nitrogens is 2. The lowest BCUT2D eigenvalue weighted by atomic mass is 10.1. The topological polar surface area (TPSA) is 55.3 Å². The van der Waals surface area contributed by atoms with Crippen LogP contribution >= 0.6 is 15.9 Å². The van der Waals surface area contributed by atoms with Crippen LogP contribution < -0.4 is 0 Å². The highest BCUT2D eigenvalue weighted by Gasteiger charge is 2.20. The number of ether oxygens (including phenoxy) is 1. The Morgan fingerprint density at radius 1 is 1.33 bits per heavy atom. The average Bonchev–Trinajstić information content (AvgIpc) is 2.56. The fourth-order valence-corrected chi connectivity index (χ4v) is 2.81. The Bertz CT molecular complexity index is 676. The highest BCUT2D eigenvalue weighted by atomic mass is 79.9. The third-order valence-electron chi connectivity index (χ3n) is 3.72. The van der Waals surface area contributed by atoms with E-state index in [0.717, 1.165) is 21.4 Å². The minimum atomic E-state index is -0.237. The van der Waals surface area contributed by atoms with E-state index in [0.29, 0.717) is 13.2 Å². The van der Waals surface area contributed by atoms with Gasteiger partial charge in [-0.2, -0.15) is 0 Å². The summed E-state index contributed by atoms with van der Waals surface area (Å²) in [5.74, 6) is -0.237. The van der Waals surface area contributed by atoms with Gasteiger partial charge in [-0.3, -0.25) is 19.7 Å². The van der Waals surface area contributed by atoms with Crippen molar-refractivity contribution in [3.63, 3.8) is 0 Å². The number of esters is 1. The lowest BCUT2D eigenvalue weighted by Crippen LogP contribution is -2.33. The van der Waals surface area contributed by atoms with Crippen molar-refractivity contribution in [3.05, 3.63) is 58.1 Å². The summed E-state index contributed by atoms with van der Waals surface area (Å²) >= 11 is 3.50. The van der Waals surface area contributed by atoms with Crippen LogP contribution in [0.1, 0.15) is 36.8 Å². The van der Waals surface area contributed by atoms with E-state index < -0.39 is 0 Å². The second-order valence-corrected chi connectivity index (χ2v) is 6.51. The summed E-state index contributed by atoms with van der Waals surface area (Å²) in [6.07, 6.45) is 3.49. The first kappa shape index (κ1) is 18.5. The van der Waals surface area contributed by atoms with Crippen LogP contribution in [0, 0.1) is 6.92 Å². The van der Waals surface area contributed by atoms with Crippen molar-refractivity contribution in [2.24, 2.45) is 0 Å². The van der Waals surface area contributed by atoms with Gasteiger partial charge in [-0.25, -0.2) is 0 Å². The zero-order chi connectivity index (χ0) is 17.5. The van der Waals surface area contributed by atoms with Gasteiger partial charge in [0.05, 0.1) is 24.5 Å². The molecular weight excluding hydrogens is 370 g/mol. The molecule has 2 rings (SSSR count). The molecule has 0 N–H and O–H groups in total. The van der Waals surface area contributed by atoms with Gasteiger partial charge >= 0.3 is 5.97 Å². The minimum Gasteiger partial charge on any atom is -0.465 e. The molecule has 1 aromatic carbocycles. The summed E-state index contributed by atoms with van der Waals surface area (Å²) in [6.45, 7) is 6.89. The van der Waals surface area contributed by atoms with E-state index in [2.05, 4.69) is 45.0 Å². The zero-order valence-electron chi connectivity index (χ0n) is 14.2. The average molecular weight is 392 g/mol. The largest absolute Gasteiger partial charge is 0.465 e. The third kappa shape index (κ3) is 5.39. The van der Waals surface area contributed by atoms with Gasteiger partial charge in [0.25, 0.3) is 0 Å². The van der Waals surface area contributed by atoms with Gasteiger partial charge in [0.2, 0.25) is 0 Å². The highest BCUT2D eigenvalue weighted by Crippen LogP contribution is 2.24. The molecule has 0 saturated carbocycles. The number of carbonyl (C=O) groups excluding carboxylic acids is 1. The Kier molecular flexibility index (Phi) is 6.87. The number of benzene rings is 1. The molecule has 0 aliphatic rings. The fourth-order valence-electron chi connectivity index (χ4n) is 2.39. The lowest BCUT2D eigenvalue weighted by Gasteiger charge is -2.28. The number of rotatable bonds is 7. The molecule has 1 atom stereocenters. The van der Waals surface area contributed by atoms with Crippen molar-refractivity contribution in [1.29, 1.82) is 0 Å². The molecule has 128 valence electrons. The number of halogens is 1. The van der Waals surface area contributed by atoms with Crippen LogP contribution in [0.5, 0.6) is 0 Å². The first-order valence-corrected chi connectivity index (χ1v) is 8.71. The number of aryl methyl sites for hydroxylation is 1. The van der Waals surface area contributed by atoms with Crippen LogP contribution in [0.3, 0.4) is 0 Å². The zero-order valence-corrected chi connectivity index (χ0v) is 15.8. The second kappa shape index (κ2) is 8.89. The van der Waals surface area contributed by atoms with Gasteiger partial charge in [-0.15, -0.1) is 0 Å². The summed E-state index contributed by atoms with van der Waals surface area (Å²) in [5.41, 5.74) is 2.82. The van der Waals surface area contributed by atoms with Crippen molar-refractivity contribution in [1.82, 2.24) is 14.9 Å². The monoisotopic (exact) mass is 391 g/mol. The van der Waals surface area contributed by atoms with E-state index in [1.165, 1.54) is 0 Å². The van der Waals surface area contributed by atoms with Gasteiger partial charge in [-0.05, 0) is 38.5 Å². The first-order chi connectivity index (χ1) is 11.5. The fraction of sp³-hybridized carbons (Fsp3) is 0.389. The molecule has 0 radical (unpaired) electrons.